The first-order valence-corrected chi connectivity index (χ1v) is 9.22. The van der Waals surface area contributed by atoms with E-state index in [2.05, 4.69) is 26.3 Å². The summed E-state index contributed by atoms with van der Waals surface area (Å²) in [4.78, 5) is 11.3. The molecule has 0 fully saturated rings. The summed E-state index contributed by atoms with van der Waals surface area (Å²) in [5.41, 5.74) is 2.52. The van der Waals surface area contributed by atoms with Crippen molar-refractivity contribution in [2.75, 3.05) is 32.5 Å². The van der Waals surface area contributed by atoms with Crippen molar-refractivity contribution in [3.63, 3.8) is 0 Å². The molecule has 0 spiro atoms. The molecule has 1 aromatic heterocycles. The molecule has 2 aromatic carbocycles. The van der Waals surface area contributed by atoms with Crippen LogP contribution in [0.15, 0.2) is 36.4 Å². The van der Waals surface area contributed by atoms with E-state index in [0.717, 1.165) is 53.9 Å². The van der Waals surface area contributed by atoms with E-state index in [9.17, 15) is 8.78 Å². The number of anilines is 1. The van der Waals surface area contributed by atoms with Crippen molar-refractivity contribution in [3.8, 4) is 0 Å². The maximum atomic E-state index is 13.4. The minimum atomic E-state index is -0.875. The molecule has 0 radical (unpaired) electrons. The van der Waals surface area contributed by atoms with Gasteiger partial charge in [-0.15, -0.1) is 0 Å². The first-order chi connectivity index (χ1) is 13.4. The monoisotopic (exact) mass is 382 g/mol. The van der Waals surface area contributed by atoms with Crippen LogP contribution in [-0.2, 0) is 0 Å². The summed E-state index contributed by atoms with van der Waals surface area (Å²) in [5.74, 6) is -0.451. The van der Waals surface area contributed by atoms with E-state index in [0.29, 0.717) is 11.4 Å². The molecule has 1 N–H and O–H groups in total. The topological polar surface area (TPSA) is 41.1 Å². The van der Waals surface area contributed by atoms with Gasteiger partial charge >= 0.3 is 0 Å². The average Bonchev–Trinajstić information content (AvgIpc) is 2.66. The molecule has 0 aliphatic rings. The molecule has 3 rings (SSSR count). The van der Waals surface area contributed by atoms with Gasteiger partial charge in [0.25, 0.3) is 0 Å². The summed E-state index contributed by atoms with van der Waals surface area (Å²) in [5, 5.41) is 4.37. The number of fused-ring (bicyclic) bond motifs is 1. The van der Waals surface area contributed by atoms with E-state index in [4.69, 9.17) is 0 Å². The average molecular weight is 382 g/mol. The predicted octanol–water partition coefficient (Wildman–Crippen LogP) is 4.75. The maximum Gasteiger partial charge on any atom is 0.159 e. The molecule has 0 unspecified atom stereocenters. The molecule has 28 heavy (non-hydrogen) atoms. The van der Waals surface area contributed by atoms with Gasteiger partial charge in [-0.25, -0.2) is 18.7 Å². The first-order valence-electron chi connectivity index (χ1n) is 9.22. The van der Waals surface area contributed by atoms with Crippen LogP contribution in [0, 0.1) is 18.6 Å². The van der Waals surface area contributed by atoms with E-state index in [1.54, 1.807) is 12.2 Å². The van der Waals surface area contributed by atoms with Crippen molar-refractivity contribution >= 4 is 28.9 Å². The highest BCUT2D eigenvalue weighted by Gasteiger charge is 2.07. The molecule has 4 nitrogen and oxygen atoms in total. The van der Waals surface area contributed by atoms with Gasteiger partial charge in [-0.3, -0.25) is 0 Å². The van der Waals surface area contributed by atoms with Gasteiger partial charge in [0.1, 0.15) is 5.82 Å². The van der Waals surface area contributed by atoms with Gasteiger partial charge in [-0.05, 0) is 69.9 Å². The Hall–Kier alpha value is -2.86. The van der Waals surface area contributed by atoms with Gasteiger partial charge in [0.2, 0.25) is 0 Å². The van der Waals surface area contributed by atoms with Crippen LogP contribution in [0.25, 0.3) is 23.1 Å². The van der Waals surface area contributed by atoms with E-state index < -0.39 is 11.6 Å². The van der Waals surface area contributed by atoms with Crippen molar-refractivity contribution in [1.29, 1.82) is 0 Å². The lowest BCUT2D eigenvalue weighted by Crippen LogP contribution is -2.17. The van der Waals surface area contributed by atoms with Crippen molar-refractivity contribution in [2.24, 2.45) is 0 Å². The smallest absolute Gasteiger partial charge is 0.159 e. The lowest BCUT2D eigenvalue weighted by molar-refractivity contribution is 0.405. The molecule has 0 atom stereocenters. The highest BCUT2D eigenvalue weighted by molar-refractivity contribution is 5.90. The Morgan fingerprint density at radius 2 is 1.82 bits per heavy atom. The maximum absolute atomic E-state index is 13.4. The van der Waals surface area contributed by atoms with E-state index in [1.165, 1.54) is 6.07 Å². The third kappa shape index (κ3) is 5.10. The van der Waals surface area contributed by atoms with Gasteiger partial charge in [-0.2, -0.15) is 0 Å². The fourth-order valence-electron chi connectivity index (χ4n) is 2.86. The van der Waals surface area contributed by atoms with Crippen LogP contribution in [0.4, 0.5) is 14.6 Å². The van der Waals surface area contributed by atoms with Gasteiger partial charge in [0.15, 0.2) is 17.5 Å². The number of aryl methyl sites for hydroxylation is 1. The van der Waals surface area contributed by atoms with Crippen molar-refractivity contribution in [1.82, 2.24) is 14.9 Å². The third-order valence-electron chi connectivity index (χ3n) is 4.31. The van der Waals surface area contributed by atoms with Crippen LogP contribution in [0.3, 0.4) is 0 Å². The van der Waals surface area contributed by atoms with Gasteiger partial charge in [-0.1, -0.05) is 23.8 Å². The molecule has 0 saturated carbocycles. The second kappa shape index (κ2) is 8.89. The van der Waals surface area contributed by atoms with Gasteiger partial charge in [0.05, 0.1) is 5.52 Å². The molecule has 0 bridgehead atoms. The fraction of sp³-hybridized carbons (Fsp3) is 0.273. The Morgan fingerprint density at radius 1 is 1.00 bits per heavy atom. The number of nitrogens with one attached hydrogen (secondary N) is 1. The number of hydrogen-bond acceptors (Lipinski definition) is 4. The normalized spacial score (nSPS) is 11.6. The Kier molecular flexibility index (Phi) is 6.31. The van der Waals surface area contributed by atoms with Crippen LogP contribution < -0.4 is 5.32 Å². The third-order valence-corrected chi connectivity index (χ3v) is 4.31. The minimum Gasteiger partial charge on any atom is -0.369 e. The molecule has 0 aliphatic heterocycles. The second-order valence-corrected chi connectivity index (χ2v) is 7.04. The zero-order valence-corrected chi connectivity index (χ0v) is 16.3. The molecule has 0 saturated heterocycles. The Labute approximate surface area is 163 Å². The van der Waals surface area contributed by atoms with Crippen molar-refractivity contribution in [3.05, 3.63) is 65.0 Å². The standard InChI is InChI=1S/C22H24F2N4/c1-15-5-9-20-17(13-15)22(25-11-4-12-28(2)3)27-21(26-20)10-7-16-6-8-18(23)19(24)14-16/h5-10,13-14H,4,11-12H2,1-3H3,(H,25,26,27)/b10-7+. The first kappa shape index (κ1) is 19.9. The summed E-state index contributed by atoms with van der Waals surface area (Å²) in [6.45, 7) is 3.81. The van der Waals surface area contributed by atoms with Crippen LogP contribution in [-0.4, -0.2) is 42.1 Å². The lowest BCUT2D eigenvalue weighted by atomic mass is 10.1. The molecule has 6 heteroatoms. The van der Waals surface area contributed by atoms with Crippen LogP contribution in [0.1, 0.15) is 23.4 Å². The number of aromatic nitrogens is 2. The highest BCUT2D eigenvalue weighted by atomic mass is 19.2. The fourth-order valence-corrected chi connectivity index (χ4v) is 2.86. The molecular formula is C22H24F2N4. The van der Waals surface area contributed by atoms with Gasteiger partial charge < -0.3 is 10.2 Å². The van der Waals surface area contributed by atoms with Crippen LogP contribution in [0.2, 0.25) is 0 Å². The zero-order valence-electron chi connectivity index (χ0n) is 16.3. The second-order valence-electron chi connectivity index (χ2n) is 7.04. The number of hydrogen-bond donors (Lipinski definition) is 1. The largest absolute Gasteiger partial charge is 0.369 e. The minimum absolute atomic E-state index is 0.510. The molecule has 146 valence electrons. The summed E-state index contributed by atoms with van der Waals surface area (Å²) < 4.78 is 26.5. The SMILES string of the molecule is Cc1ccc2nc(/C=C/c3ccc(F)c(F)c3)nc(NCCCN(C)C)c2c1. The molecule has 3 aromatic rings. The molecule has 0 amide bonds. The van der Waals surface area contributed by atoms with Crippen molar-refractivity contribution in [2.45, 2.75) is 13.3 Å². The van der Waals surface area contributed by atoms with Crippen LogP contribution in [0.5, 0.6) is 0 Å². The Bertz CT molecular complexity index is 999. The van der Waals surface area contributed by atoms with Gasteiger partial charge in [0, 0.05) is 11.9 Å². The zero-order chi connectivity index (χ0) is 20.1. The summed E-state index contributed by atoms with van der Waals surface area (Å²) in [6.07, 6.45) is 4.37. The predicted molar refractivity (Wildman–Crippen MR) is 111 cm³/mol. The van der Waals surface area contributed by atoms with E-state index in [1.807, 2.05) is 33.2 Å². The summed E-state index contributed by atoms with van der Waals surface area (Å²) >= 11 is 0. The number of halogens is 2. The van der Waals surface area contributed by atoms with E-state index in [-0.39, 0.29) is 0 Å². The number of benzene rings is 2. The lowest BCUT2D eigenvalue weighted by Gasteiger charge is -2.12. The number of rotatable bonds is 7. The highest BCUT2D eigenvalue weighted by Crippen LogP contribution is 2.22. The Morgan fingerprint density at radius 3 is 2.57 bits per heavy atom. The summed E-state index contributed by atoms with van der Waals surface area (Å²) in [7, 11) is 4.09. The number of nitrogens with zero attached hydrogens (tertiary/aromatic N) is 3. The van der Waals surface area contributed by atoms with Crippen LogP contribution >= 0.6 is 0 Å². The quantitative estimate of drug-likeness (QED) is 0.599. The molecular weight excluding hydrogens is 358 g/mol. The van der Waals surface area contributed by atoms with Crippen molar-refractivity contribution < 1.29 is 8.78 Å². The molecule has 0 aliphatic carbocycles. The summed E-state index contributed by atoms with van der Waals surface area (Å²) in [6, 6.07) is 9.81. The van der Waals surface area contributed by atoms with E-state index >= 15 is 0 Å². The Balaban J connectivity index is 1.88. The molecule has 1 heterocycles.